The Balaban J connectivity index is 2.64. The van der Waals surface area contributed by atoms with Crippen LogP contribution in [0.15, 0.2) is 9.33 Å². The molecule has 1 aromatic rings. The molecule has 1 rings (SSSR count). The number of sulfonamides is 1. The van der Waals surface area contributed by atoms with Crippen LogP contribution in [0.2, 0.25) is 0 Å². The van der Waals surface area contributed by atoms with Gasteiger partial charge in [-0.2, -0.15) is 26.9 Å². The molecule has 0 saturated heterocycles. The van der Waals surface area contributed by atoms with Crippen LogP contribution in [-0.4, -0.2) is 36.2 Å². The third-order valence-electron chi connectivity index (χ3n) is 2.70. The number of carbonyl (C=O) groups is 1. The maximum absolute atomic E-state index is 12.7. The van der Waals surface area contributed by atoms with E-state index in [0.717, 1.165) is 4.68 Å². The Kier molecular flexibility index (Phi) is 6.21. The smallest absolute Gasteiger partial charge is 0.273 e. The number of carbonyl (C=O) groups excluding carboxylic acids is 1. The molecule has 0 saturated carbocycles. The van der Waals surface area contributed by atoms with Gasteiger partial charge in [-0.1, -0.05) is 11.3 Å². The summed E-state index contributed by atoms with van der Waals surface area (Å²) in [6.45, 7) is 0. The highest BCUT2D eigenvalue weighted by Crippen LogP contribution is 2.39. The molecule has 138 valence electrons. The summed E-state index contributed by atoms with van der Waals surface area (Å²) in [7, 11) is -2.76. The standard InChI is InChI=1S/C10H13F5N4O3S2/c1-19-7(23-8(18-19)24(16,21)22)17-6(20)4-2-3-5-9(11,12)10(13,14)15/h2-5H2,1H3,(H2,16,21,22). The number of halogens is 5. The zero-order chi connectivity index (χ0) is 18.8. The summed E-state index contributed by atoms with van der Waals surface area (Å²) in [6.07, 6.45) is -8.16. The second-order valence-corrected chi connectivity index (χ2v) is 7.43. The summed E-state index contributed by atoms with van der Waals surface area (Å²) < 4.78 is 83.9. The maximum atomic E-state index is 12.7. The number of hydrogen-bond donors (Lipinski definition) is 1. The predicted octanol–water partition coefficient (Wildman–Crippen LogP) is 1.31. The van der Waals surface area contributed by atoms with Gasteiger partial charge in [-0.25, -0.2) is 18.2 Å². The molecule has 0 spiro atoms. The Morgan fingerprint density at radius 3 is 2.33 bits per heavy atom. The van der Waals surface area contributed by atoms with Gasteiger partial charge in [0.05, 0.1) is 0 Å². The molecule has 0 bridgehead atoms. The Labute approximate surface area is 137 Å². The summed E-state index contributed by atoms with van der Waals surface area (Å²) in [6, 6.07) is 0. The number of aryl methyl sites for hydroxylation is 1. The summed E-state index contributed by atoms with van der Waals surface area (Å²) in [5.74, 6) is -5.60. The van der Waals surface area contributed by atoms with Crippen LogP contribution < -0.4 is 9.94 Å². The minimum absolute atomic E-state index is 0.0929. The quantitative estimate of drug-likeness (QED) is 0.578. The number of unbranched alkanes of at least 4 members (excludes halogenated alkanes) is 1. The molecule has 14 heteroatoms. The van der Waals surface area contributed by atoms with Gasteiger partial charge in [0, 0.05) is 19.9 Å². The van der Waals surface area contributed by atoms with E-state index in [1.54, 1.807) is 0 Å². The average molecular weight is 396 g/mol. The zero-order valence-electron chi connectivity index (χ0n) is 12.2. The Morgan fingerprint density at radius 1 is 1.29 bits per heavy atom. The molecule has 0 aliphatic rings. The maximum Gasteiger partial charge on any atom is 0.453 e. The van der Waals surface area contributed by atoms with Gasteiger partial charge in [0.1, 0.15) is 0 Å². The molecule has 0 aromatic carbocycles. The first-order valence-corrected chi connectivity index (χ1v) is 8.69. The fourth-order valence-corrected chi connectivity index (χ4v) is 3.03. The van der Waals surface area contributed by atoms with Crippen LogP contribution in [-0.2, 0) is 21.9 Å². The monoisotopic (exact) mass is 396 g/mol. The van der Waals surface area contributed by atoms with E-state index in [1.807, 2.05) is 0 Å². The van der Waals surface area contributed by atoms with E-state index >= 15 is 0 Å². The van der Waals surface area contributed by atoms with E-state index in [9.17, 15) is 35.2 Å². The molecule has 0 aliphatic carbocycles. The normalized spacial score (nSPS) is 14.2. The molecule has 0 aliphatic heterocycles. The molecule has 0 atom stereocenters. The van der Waals surface area contributed by atoms with Gasteiger partial charge in [0.25, 0.3) is 10.0 Å². The largest absolute Gasteiger partial charge is 0.453 e. The molecule has 7 nitrogen and oxygen atoms in total. The van der Waals surface area contributed by atoms with Crippen molar-refractivity contribution >= 4 is 27.3 Å². The van der Waals surface area contributed by atoms with Crippen molar-refractivity contribution in [3.8, 4) is 0 Å². The SMILES string of the molecule is Cn1nc(S(N)(=O)=O)sc1=NC(=O)CCCCC(F)(F)C(F)(F)F. The fourth-order valence-electron chi connectivity index (χ4n) is 1.47. The molecule has 1 amide bonds. The van der Waals surface area contributed by atoms with E-state index in [0.29, 0.717) is 11.3 Å². The topological polar surface area (TPSA) is 107 Å². The van der Waals surface area contributed by atoms with Gasteiger partial charge >= 0.3 is 12.1 Å². The van der Waals surface area contributed by atoms with E-state index in [4.69, 9.17) is 5.14 Å². The van der Waals surface area contributed by atoms with Crippen molar-refractivity contribution in [1.29, 1.82) is 0 Å². The minimum atomic E-state index is -5.62. The number of alkyl halides is 5. The van der Waals surface area contributed by atoms with Crippen LogP contribution in [0.25, 0.3) is 0 Å². The Hall–Kier alpha value is -1.41. The molecule has 0 unspecified atom stereocenters. The van der Waals surface area contributed by atoms with Crippen LogP contribution in [0, 0.1) is 0 Å². The molecule has 1 aromatic heterocycles. The van der Waals surface area contributed by atoms with Gasteiger partial charge in [-0.15, -0.1) is 5.10 Å². The molecule has 0 radical (unpaired) electrons. The molecule has 2 N–H and O–H groups in total. The highest BCUT2D eigenvalue weighted by Gasteiger charge is 2.56. The number of aromatic nitrogens is 2. The zero-order valence-corrected chi connectivity index (χ0v) is 13.8. The molecule has 24 heavy (non-hydrogen) atoms. The number of nitrogens with zero attached hydrogens (tertiary/aromatic N) is 3. The van der Waals surface area contributed by atoms with E-state index in [2.05, 4.69) is 10.1 Å². The van der Waals surface area contributed by atoms with Crippen LogP contribution >= 0.6 is 11.3 Å². The lowest BCUT2D eigenvalue weighted by atomic mass is 10.1. The number of rotatable bonds is 6. The van der Waals surface area contributed by atoms with Crippen molar-refractivity contribution in [2.24, 2.45) is 17.2 Å². The van der Waals surface area contributed by atoms with Crippen molar-refractivity contribution in [3.63, 3.8) is 0 Å². The number of primary sulfonamides is 1. The lowest BCUT2D eigenvalue weighted by Crippen LogP contribution is -2.36. The van der Waals surface area contributed by atoms with Crippen molar-refractivity contribution in [3.05, 3.63) is 4.80 Å². The third kappa shape index (κ3) is 5.59. The number of nitrogens with two attached hydrogens (primary N) is 1. The predicted molar refractivity (Wildman–Crippen MR) is 72.5 cm³/mol. The molecule has 1 heterocycles. The first-order chi connectivity index (χ1) is 10.7. The van der Waals surface area contributed by atoms with Crippen molar-refractivity contribution < 1.29 is 35.2 Å². The lowest BCUT2D eigenvalue weighted by molar-refractivity contribution is -0.284. The van der Waals surface area contributed by atoms with Crippen LogP contribution in [0.4, 0.5) is 22.0 Å². The molecular formula is C10H13F5N4O3S2. The van der Waals surface area contributed by atoms with Crippen molar-refractivity contribution in [1.82, 2.24) is 9.78 Å². The van der Waals surface area contributed by atoms with Crippen LogP contribution in [0.3, 0.4) is 0 Å². The molecule has 0 fully saturated rings. The Bertz CT molecular complexity index is 766. The Morgan fingerprint density at radius 2 is 1.88 bits per heavy atom. The number of amides is 1. The first-order valence-electron chi connectivity index (χ1n) is 6.33. The van der Waals surface area contributed by atoms with Gasteiger partial charge in [0.2, 0.25) is 15.0 Å². The average Bonchev–Trinajstić information content (AvgIpc) is 2.75. The summed E-state index contributed by atoms with van der Waals surface area (Å²) in [5, 5.41) is 8.40. The summed E-state index contributed by atoms with van der Waals surface area (Å²) in [4.78, 5) is 15.0. The van der Waals surface area contributed by atoms with Gasteiger partial charge in [-0.3, -0.25) is 4.79 Å². The van der Waals surface area contributed by atoms with Gasteiger partial charge in [-0.05, 0) is 12.8 Å². The third-order valence-corrected chi connectivity index (χ3v) is 5.01. The first kappa shape index (κ1) is 20.6. The van der Waals surface area contributed by atoms with Gasteiger partial charge < -0.3 is 0 Å². The fraction of sp³-hybridized carbons (Fsp3) is 0.700. The van der Waals surface area contributed by atoms with E-state index in [-0.39, 0.29) is 17.6 Å². The molecular weight excluding hydrogens is 383 g/mol. The highest BCUT2D eigenvalue weighted by molar-refractivity contribution is 7.91. The summed E-state index contributed by atoms with van der Waals surface area (Å²) >= 11 is 0.524. The lowest BCUT2D eigenvalue weighted by Gasteiger charge is -2.18. The van der Waals surface area contributed by atoms with Crippen LogP contribution in [0.1, 0.15) is 25.7 Å². The number of hydrogen-bond acceptors (Lipinski definition) is 5. The van der Waals surface area contributed by atoms with E-state index < -0.39 is 45.2 Å². The minimum Gasteiger partial charge on any atom is -0.273 e. The second kappa shape index (κ2) is 7.23. The van der Waals surface area contributed by atoms with Crippen molar-refractivity contribution in [2.45, 2.75) is 42.1 Å². The summed E-state index contributed by atoms with van der Waals surface area (Å²) in [5.41, 5.74) is 0. The van der Waals surface area contributed by atoms with Crippen molar-refractivity contribution in [2.75, 3.05) is 0 Å². The second-order valence-electron chi connectivity index (χ2n) is 4.73. The van der Waals surface area contributed by atoms with Gasteiger partial charge in [0.15, 0.2) is 0 Å². The van der Waals surface area contributed by atoms with Crippen LogP contribution in [0.5, 0.6) is 0 Å². The van der Waals surface area contributed by atoms with E-state index in [1.165, 1.54) is 7.05 Å². The highest BCUT2D eigenvalue weighted by atomic mass is 32.2.